The summed E-state index contributed by atoms with van der Waals surface area (Å²) < 4.78 is 9.78. The minimum atomic E-state index is 1.13. The molecule has 0 saturated heterocycles. The number of hydrogen-bond donors (Lipinski definition) is 0. The summed E-state index contributed by atoms with van der Waals surface area (Å²) in [6.07, 6.45) is 0. The van der Waals surface area contributed by atoms with E-state index in [2.05, 4.69) is 225 Å². The first kappa shape index (κ1) is 31.4. The number of nitrogens with zero attached hydrogens (tertiary/aromatic N) is 4. The molecule has 58 heavy (non-hydrogen) atoms. The van der Waals surface area contributed by atoms with Crippen LogP contribution in [0.15, 0.2) is 206 Å². The molecule has 13 aromatic rings. The minimum absolute atomic E-state index is 1.13. The zero-order valence-electron chi connectivity index (χ0n) is 31.4. The lowest BCUT2D eigenvalue weighted by atomic mass is 10.1. The number of hydrogen-bond acceptors (Lipinski definition) is 0. The molecule has 9 aromatic carbocycles. The van der Waals surface area contributed by atoms with Crippen molar-refractivity contribution in [3.63, 3.8) is 0 Å². The molecule has 4 heterocycles. The maximum absolute atomic E-state index is 2.48. The molecule has 4 aromatic heterocycles. The second-order valence-corrected chi connectivity index (χ2v) is 15.3. The average molecular weight is 739 g/mol. The van der Waals surface area contributed by atoms with E-state index in [0.29, 0.717) is 0 Å². The molecule has 0 spiro atoms. The first-order valence-corrected chi connectivity index (χ1v) is 20.0. The highest BCUT2D eigenvalue weighted by Gasteiger charge is 2.23. The summed E-state index contributed by atoms with van der Waals surface area (Å²) in [7, 11) is 0. The molecule has 4 heteroatoms. The van der Waals surface area contributed by atoms with E-state index in [1.54, 1.807) is 0 Å². The molecular formula is C54H34N4. The van der Waals surface area contributed by atoms with Crippen molar-refractivity contribution >= 4 is 87.2 Å². The molecule has 0 bridgehead atoms. The normalized spacial score (nSPS) is 12.1. The molecule has 0 aliphatic heterocycles. The van der Waals surface area contributed by atoms with E-state index < -0.39 is 0 Å². The van der Waals surface area contributed by atoms with E-state index in [0.717, 1.165) is 22.7 Å². The van der Waals surface area contributed by atoms with E-state index in [1.807, 2.05) is 0 Å². The maximum Gasteiger partial charge on any atom is 0.0641 e. The predicted molar refractivity (Wildman–Crippen MR) is 244 cm³/mol. The minimum Gasteiger partial charge on any atom is -0.309 e. The van der Waals surface area contributed by atoms with Gasteiger partial charge in [-0.05, 0) is 84.9 Å². The largest absolute Gasteiger partial charge is 0.309 e. The fraction of sp³-hybridized carbons (Fsp3) is 0. The van der Waals surface area contributed by atoms with Crippen molar-refractivity contribution in [2.24, 2.45) is 0 Å². The van der Waals surface area contributed by atoms with Crippen LogP contribution in [0.25, 0.3) is 110 Å². The molecule has 4 nitrogen and oxygen atoms in total. The number of aromatic nitrogens is 4. The number of para-hydroxylation sites is 6. The SMILES string of the molecule is c1ccc(-n2c3ccccc3c3c2ccc2c4ccccc4n(-c4ccc(-n5c6ccccc6c6c5ccc5c7ccccc7n(-c7ccccc7)c56)cc4)c23)cc1. The first-order valence-electron chi connectivity index (χ1n) is 20.0. The van der Waals surface area contributed by atoms with Crippen LogP contribution in [0.5, 0.6) is 0 Å². The standard InChI is InChI=1S/C54H34N4/c1-3-15-35(16-4-1)55-47-25-13-9-21-43(47)51-49(55)33-31-42-40-20-8-12-24-46(40)58(54(42)51)38-29-27-37(28-30-38)56-48-26-14-10-22-44(48)52-50(56)34-32-41-39-19-7-11-23-45(39)57(53(41)52)36-17-5-2-6-18-36/h1-34H. The molecule has 0 atom stereocenters. The molecule has 0 N–H and O–H groups in total. The molecule has 0 amide bonds. The van der Waals surface area contributed by atoms with Crippen molar-refractivity contribution in [1.29, 1.82) is 0 Å². The third kappa shape index (κ3) is 4.18. The Morgan fingerprint density at radius 2 is 0.500 bits per heavy atom. The Balaban J connectivity index is 1.07. The molecule has 270 valence electrons. The highest BCUT2D eigenvalue weighted by Crippen LogP contribution is 2.44. The molecule has 0 saturated carbocycles. The van der Waals surface area contributed by atoms with Gasteiger partial charge in [0.05, 0.1) is 44.1 Å². The molecule has 0 unspecified atom stereocenters. The van der Waals surface area contributed by atoms with E-state index in [-0.39, 0.29) is 0 Å². The molecule has 0 aliphatic carbocycles. The van der Waals surface area contributed by atoms with E-state index in [9.17, 15) is 0 Å². The molecule has 13 rings (SSSR count). The lowest BCUT2D eigenvalue weighted by Gasteiger charge is -2.13. The Kier molecular flexibility index (Phi) is 6.41. The second kappa shape index (κ2) is 11.8. The van der Waals surface area contributed by atoms with Crippen molar-refractivity contribution in [3.8, 4) is 22.7 Å². The monoisotopic (exact) mass is 738 g/mol. The number of rotatable bonds is 4. The van der Waals surface area contributed by atoms with Crippen LogP contribution in [-0.2, 0) is 0 Å². The highest BCUT2D eigenvalue weighted by molar-refractivity contribution is 6.27. The van der Waals surface area contributed by atoms with E-state index >= 15 is 0 Å². The van der Waals surface area contributed by atoms with Gasteiger partial charge in [0.1, 0.15) is 0 Å². The van der Waals surface area contributed by atoms with Gasteiger partial charge < -0.3 is 18.3 Å². The lowest BCUT2D eigenvalue weighted by molar-refractivity contribution is 1.15. The highest BCUT2D eigenvalue weighted by atomic mass is 15.0. The van der Waals surface area contributed by atoms with E-state index in [4.69, 9.17) is 0 Å². The van der Waals surface area contributed by atoms with Crippen molar-refractivity contribution in [2.75, 3.05) is 0 Å². The topological polar surface area (TPSA) is 19.7 Å². The summed E-state index contributed by atoms with van der Waals surface area (Å²) >= 11 is 0. The molecule has 0 radical (unpaired) electrons. The van der Waals surface area contributed by atoms with Gasteiger partial charge in [-0.2, -0.15) is 0 Å². The zero-order chi connectivity index (χ0) is 37.9. The lowest BCUT2D eigenvalue weighted by Crippen LogP contribution is -1.98. The van der Waals surface area contributed by atoms with Crippen molar-refractivity contribution < 1.29 is 0 Å². The Hall–Kier alpha value is -7.82. The van der Waals surface area contributed by atoms with Gasteiger partial charge in [0, 0.05) is 65.8 Å². The van der Waals surface area contributed by atoms with Crippen molar-refractivity contribution in [2.45, 2.75) is 0 Å². The molecule has 0 aliphatic rings. The van der Waals surface area contributed by atoms with Gasteiger partial charge in [-0.15, -0.1) is 0 Å². The van der Waals surface area contributed by atoms with Crippen LogP contribution < -0.4 is 0 Å². The third-order valence-electron chi connectivity index (χ3n) is 12.3. The van der Waals surface area contributed by atoms with Crippen molar-refractivity contribution in [1.82, 2.24) is 18.3 Å². The third-order valence-corrected chi connectivity index (χ3v) is 12.3. The van der Waals surface area contributed by atoms with Gasteiger partial charge in [-0.25, -0.2) is 0 Å². The van der Waals surface area contributed by atoms with Gasteiger partial charge in [-0.3, -0.25) is 0 Å². The Morgan fingerprint density at radius 3 is 0.931 bits per heavy atom. The second-order valence-electron chi connectivity index (χ2n) is 15.3. The summed E-state index contributed by atoms with van der Waals surface area (Å²) in [5.41, 5.74) is 14.2. The number of fused-ring (bicyclic) bond motifs is 14. The fourth-order valence-corrected chi connectivity index (χ4v) is 10.0. The average Bonchev–Trinajstić information content (AvgIpc) is 4.02. The van der Waals surface area contributed by atoms with Gasteiger partial charge in [0.25, 0.3) is 0 Å². The summed E-state index contributed by atoms with van der Waals surface area (Å²) in [5.74, 6) is 0. The predicted octanol–water partition coefficient (Wildman–Crippen LogP) is 14.1. The Labute approximate surface area is 333 Å². The number of benzene rings is 9. The smallest absolute Gasteiger partial charge is 0.0641 e. The van der Waals surface area contributed by atoms with Crippen LogP contribution in [0.3, 0.4) is 0 Å². The summed E-state index contributed by atoms with van der Waals surface area (Å²) in [6.45, 7) is 0. The van der Waals surface area contributed by atoms with Crippen LogP contribution in [0.2, 0.25) is 0 Å². The van der Waals surface area contributed by atoms with Crippen LogP contribution in [0.1, 0.15) is 0 Å². The summed E-state index contributed by atoms with van der Waals surface area (Å²) in [4.78, 5) is 0. The van der Waals surface area contributed by atoms with Gasteiger partial charge in [-0.1, -0.05) is 121 Å². The molecule has 0 fully saturated rings. The maximum atomic E-state index is 2.48. The van der Waals surface area contributed by atoms with Crippen LogP contribution in [-0.4, -0.2) is 18.3 Å². The Bertz CT molecular complexity index is 3770. The molecular weight excluding hydrogens is 705 g/mol. The van der Waals surface area contributed by atoms with Gasteiger partial charge in [0.15, 0.2) is 0 Å². The fourth-order valence-electron chi connectivity index (χ4n) is 10.0. The van der Waals surface area contributed by atoms with Crippen LogP contribution in [0.4, 0.5) is 0 Å². The quantitative estimate of drug-likeness (QED) is 0.171. The first-order chi connectivity index (χ1) is 28.8. The van der Waals surface area contributed by atoms with Crippen LogP contribution >= 0.6 is 0 Å². The van der Waals surface area contributed by atoms with Gasteiger partial charge >= 0.3 is 0 Å². The Morgan fingerprint density at radius 1 is 0.190 bits per heavy atom. The summed E-state index contributed by atoms with van der Waals surface area (Å²) in [5, 5.41) is 10.0. The summed E-state index contributed by atoms with van der Waals surface area (Å²) in [6, 6.07) is 75.3. The van der Waals surface area contributed by atoms with Crippen molar-refractivity contribution in [3.05, 3.63) is 206 Å². The van der Waals surface area contributed by atoms with Gasteiger partial charge in [0.2, 0.25) is 0 Å². The van der Waals surface area contributed by atoms with E-state index in [1.165, 1.54) is 87.2 Å². The van der Waals surface area contributed by atoms with Crippen LogP contribution in [0, 0.1) is 0 Å². The zero-order valence-corrected chi connectivity index (χ0v) is 31.4.